The van der Waals surface area contributed by atoms with Gasteiger partial charge in [0.1, 0.15) is 18.0 Å². The molecular formula is C19H28N2O4. The molecule has 0 spiro atoms. The molecule has 6 nitrogen and oxygen atoms in total. The van der Waals surface area contributed by atoms with Gasteiger partial charge in [-0.1, -0.05) is 18.2 Å². The number of ether oxygens (including phenoxy) is 2. The van der Waals surface area contributed by atoms with Crippen LogP contribution in [0.25, 0.3) is 0 Å². The smallest absolute Gasteiger partial charge is 0.223 e. The predicted molar refractivity (Wildman–Crippen MR) is 94.7 cm³/mol. The van der Waals surface area contributed by atoms with E-state index < -0.39 is 5.60 Å². The van der Waals surface area contributed by atoms with Gasteiger partial charge < -0.3 is 19.5 Å². The van der Waals surface area contributed by atoms with E-state index in [1.807, 2.05) is 31.2 Å². The number of carbonyl (C=O) groups excluding carboxylic acids is 1. The van der Waals surface area contributed by atoms with Crippen molar-refractivity contribution in [1.29, 1.82) is 0 Å². The number of β-amino-alcohol motifs (C(OH)–C–C–N with tert-alkyl or cyclic N) is 1. The van der Waals surface area contributed by atoms with Crippen molar-refractivity contribution >= 4 is 5.91 Å². The second-order valence-electron chi connectivity index (χ2n) is 7.05. The van der Waals surface area contributed by atoms with E-state index in [9.17, 15) is 9.90 Å². The van der Waals surface area contributed by atoms with Crippen molar-refractivity contribution in [3.8, 4) is 5.75 Å². The van der Waals surface area contributed by atoms with Crippen molar-refractivity contribution < 1.29 is 19.4 Å². The molecule has 0 radical (unpaired) electrons. The normalized spacial score (nSPS) is 24.5. The van der Waals surface area contributed by atoms with Gasteiger partial charge >= 0.3 is 0 Å². The van der Waals surface area contributed by atoms with Crippen LogP contribution in [0, 0.1) is 6.92 Å². The van der Waals surface area contributed by atoms with E-state index in [0.29, 0.717) is 25.9 Å². The molecule has 1 atom stereocenters. The number of amides is 1. The molecule has 138 valence electrons. The molecular weight excluding hydrogens is 320 g/mol. The summed E-state index contributed by atoms with van der Waals surface area (Å²) in [5.74, 6) is 0.895. The van der Waals surface area contributed by atoms with Gasteiger partial charge in [-0.3, -0.25) is 9.69 Å². The fraction of sp³-hybridized carbons (Fsp3) is 0.632. The van der Waals surface area contributed by atoms with E-state index in [2.05, 4.69) is 4.90 Å². The van der Waals surface area contributed by atoms with Crippen LogP contribution in [0.3, 0.4) is 0 Å². The Balaban J connectivity index is 1.45. The molecule has 25 heavy (non-hydrogen) atoms. The zero-order valence-corrected chi connectivity index (χ0v) is 14.9. The number of carbonyl (C=O) groups is 1. The van der Waals surface area contributed by atoms with Crippen molar-refractivity contribution in [2.24, 2.45) is 0 Å². The molecule has 2 aliphatic heterocycles. The summed E-state index contributed by atoms with van der Waals surface area (Å²) in [7, 11) is 0. The Kier molecular flexibility index (Phi) is 5.93. The van der Waals surface area contributed by atoms with E-state index in [1.54, 1.807) is 4.90 Å². The standard InChI is InChI=1S/C19H28N2O4/c1-16-4-2-3-5-17(16)25-15-19(23)7-9-21(14-19)18(22)6-8-20-10-12-24-13-11-20/h2-5,23H,6-15H2,1H3/t19-/m1/s1. The second-order valence-corrected chi connectivity index (χ2v) is 7.05. The fourth-order valence-electron chi connectivity index (χ4n) is 3.35. The fourth-order valence-corrected chi connectivity index (χ4v) is 3.35. The Morgan fingerprint density at radius 2 is 2.04 bits per heavy atom. The number of hydrogen-bond donors (Lipinski definition) is 1. The van der Waals surface area contributed by atoms with E-state index in [-0.39, 0.29) is 12.5 Å². The highest BCUT2D eigenvalue weighted by atomic mass is 16.5. The first kappa shape index (κ1) is 18.2. The Morgan fingerprint density at radius 1 is 1.28 bits per heavy atom. The molecule has 1 amide bonds. The lowest BCUT2D eigenvalue weighted by Gasteiger charge is -2.27. The number of likely N-dealkylation sites (tertiary alicyclic amines) is 1. The van der Waals surface area contributed by atoms with Gasteiger partial charge in [-0.2, -0.15) is 0 Å². The van der Waals surface area contributed by atoms with Crippen LogP contribution in [0.2, 0.25) is 0 Å². The number of para-hydroxylation sites is 1. The summed E-state index contributed by atoms with van der Waals surface area (Å²) in [4.78, 5) is 16.4. The average Bonchev–Trinajstić information content (AvgIpc) is 3.03. The van der Waals surface area contributed by atoms with Gasteiger partial charge in [-0.05, 0) is 25.0 Å². The van der Waals surface area contributed by atoms with Crippen LogP contribution in [0.15, 0.2) is 24.3 Å². The summed E-state index contributed by atoms with van der Waals surface area (Å²) >= 11 is 0. The molecule has 1 aromatic rings. The third-order valence-electron chi connectivity index (χ3n) is 5.02. The zero-order chi connectivity index (χ0) is 17.7. The number of aryl methyl sites for hydroxylation is 1. The quantitative estimate of drug-likeness (QED) is 0.833. The van der Waals surface area contributed by atoms with Gasteiger partial charge in [0.05, 0.1) is 19.8 Å². The Labute approximate surface area is 149 Å². The molecule has 2 saturated heterocycles. The second kappa shape index (κ2) is 8.17. The SMILES string of the molecule is Cc1ccccc1OC[C@@]1(O)CCN(C(=O)CCN2CCOCC2)C1. The molecule has 3 rings (SSSR count). The molecule has 0 aromatic heterocycles. The van der Waals surface area contributed by atoms with Crippen LogP contribution in [-0.4, -0.2) is 79.0 Å². The number of benzene rings is 1. The molecule has 0 bridgehead atoms. The maximum absolute atomic E-state index is 12.4. The number of morpholine rings is 1. The highest BCUT2D eigenvalue weighted by molar-refractivity contribution is 5.76. The summed E-state index contributed by atoms with van der Waals surface area (Å²) in [5.41, 5.74) is 0.0826. The molecule has 2 fully saturated rings. The van der Waals surface area contributed by atoms with Crippen LogP contribution in [0.1, 0.15) is 18.4 Å². The van der Waals surface area contributed by atoms with Gasteiger partial charge in [0, 0.05) is 32.6 Å². The molecule has 0 unspecified atom stereocenters. The van der Waals surface area contributed by atoms with Crippen LogP contribution in [-0.2, 0) is 9.53 Å². The first-order valence-corrected chi connectivity index (χ1v) is 9.04. The third kappa shape index (κ3) is 4.93. The number of hydrogen-bond acceptors (Lipinski definition) is 5. The van der Waals surface area contributed by atoms with Crippen LogP contribution in [0.5, 0.6) is 5.75 Å². The Morgan fingerprint density at radius 3 is 2.80 bits per heavy atom. The maximum Gasteiger partial charge on any atom is 0.223 e. The largest absolute Gasteiger partial charge is 0.490 e. The minimum absolute atomic E-state index is 0.110. The number of aliphatic hydroxyl groups is 1. The Hall–Kier alpha value is -1.63. The van der Waals surface area contributed by atoms with Crippen molar-refractivity contribution in [2.75, 3.05) is 52.5 Å². The molecule has 1 aromatic carbocycles. The van der Waals surface area contributed by atoms with E-state index in [4.69, 9.17) is 9.47 Å². The molecule has 0 saturated carbocycles. The minimum atomic E-state index is -0.961. The lowest BCUT2D eigenvalue weighted by molar-refractivity contribution is -0.132. The van der Waals surface area contributed by atoms with Crippen molar-refractivity contribution in [3.63, 3.8) is 0 Å². The molecule has 6 heteroatoms. The summed E-state index contributed by atoms with van der Waals surface area (Å²) in [6.07, 6.45) is 1.05. The maximum atomic E-state index is 12.4. The highest BCUT2D eigenvalue weighted by Gasteiger charge is 2.39. The summed E-state index contributed by atoms with van der Waals surface area (Å²) < 4.78 is 11.1. The molecule has 2 heterocycles. The van der Waals surface area contributed by atoms with Gasteiger partial charge in [0.15, 0.2) is 0 Å². The van der Waals surface area contributed by atoms with Crippen LogP contribution >= 0.6 is 0 Å². The topological polar surface area (TPSA) is 62.2 Å². The summed E-state index contributed by atoms with van der Waals surface area (Å²) in [5, 5.41) is 10.7. The van der Waals surface area contributed by atoms with Crippen molar-refractivity contribution in [1.82, 2.24) is 9.80 Å². The van der Waals surface area contributed by atoms with E-state index in [0.717, 1.165) is 44.2 Å². The van der Waals surface area contributed by atoms with Crippen molar-refractivity contribution in [2.45, 2.75) is 25.4 Å². The monoisotopic (exact) mass is 348 g/mol. The number of rotatable bonds is 6. The first-order chi connectivity index (χ1) is 12.1. The van der Waals surface area contributed by atoms with Gasteiger partial charge in [-0.15, -0.1) is 0 Å². The molecule has 1 N–H and O–H groups in total. The van der Waals surface area contributed by atoms with Crippen molar-refractivity contribution in [3.05, 3.63) is 29.8 Å². The van der Waals surface area contributed by atoms with Gasteiger partial charge in [0.2, 0.25) is 5.91 Å². The third-order valence-corrected chi connectivity index (χ3v) is 5.02. The van der Waals surface area contributed by atoms with Crippen LogP contribution < -0.4 is 4.74 Å². The average molecular weight is 348 g/mol. The lowest BCUT2D eigenvalue weighted by atomic mass is 10.1. The first-order valence-electron chi connectivity index (χ1n) is 9.04. The van der Waals surface area contributed by atoms with Gasteiger partial charge in [-0.25, -0.2) is 0 Å². The molecule has 2 aliphatic rings. The summed E-state index contributed by atoms with van der Waals surface area (Å²) in [6.45, 7) is 7.17. The highest BCUT2D eigenvalue weighted by Crippen LogP contribution is 2.25. The predicted octanol–water partition coefficient (Wildman–Crippen LogP) is 1.06. The lowest BCUT2D eigenvalue weighted by Crippen LogP contribution is -2.42. The zero-order valence-electron chi connectivity index (χ0n) is 14.9. The van der Waals surface area contributed by atoms with E-state index >= 15 is 0 Å². The Bertz CT molecular complexity index is 589. The molecule has 0 aliphatic carbocycles. The minimum Gasteiger partial charge on any atom is -0.490 e. The summed E-state index contributed by atoms with van der Waals surface area (Å²) in [6, 6.07) is 7.76. The van der Waals surface area contributed by atoms with Crippen LogP contribution in [0.4, 0.5) is 0 Å². The number of nitrogens with zero attached hydrogens (tertiary/aromatic N) is 2. The van der Waals surface area contributed by atoms with Gasteiger partial charge in [0.25, 0.3) is 0 Å². The van der Waals surface area contributed by atoms with E-state index in [1.165, 1.54) is 0 Å².